The molecular weight excluding hydrogens is 214 g/mol. The summed E-state index contributed by atoms with van der Waals surface area (Å²) in [5.74, 6) is 0. The minimum absolute atomic E-state index is 0.00829. The summed E-state index contributed by atoms with van der Waals surface area (Å²) in [6, 6.07) is 1.44. The van der Waals surface area contributed by atoms with Crippen molar-refractivity contribution in [2.24, 2.45) is 0 Å². The molecule has 0 saturated carbocycles. The number of hydrogen-bond acceptors (Lipinski definition) is 6. The SMILES string of the molecule is CC(O)(CO)CNc1ccncc1[N+](=O)[O-]. The van der Waals surface area contributed by atoms with Crippen LogP contribution in [0.5, 0.6) is 0 Å². The Bertz CT molecular complexity index is 381. The van der Waals surface area contributed by atoms with Crippen molar-refractivity contribution in [1.82, 2.24) is 4.98 Å². The van der Waals surface area contributed by atoms with Crippen LogP contribution in [0.25, 0.3) is 0 Å². The van der Waals surface area contributed by atoms with Gasteiger partial charge in [-0.2, -0.15) is 0 Å². The molecule has 1 aromatic heterocycles. The summed E-state index contributed by atoms with van der Waals surface area (Å²) in [5, 5.41) is 31.7. The highest BCUT2D eigenvalue weighted by Gasteiger charge is 2.21. The molecular formula is C9H13N3O4. The first kappa shape index (κ1) is 12.3. The second-order valence-electron chi connectivity index (χ2n) is 3.66. The van der Waals surface area contributed by atoms with Crippen LogP contribution in [0, 0.1) is 10.1 Å². The predicted molar refractivity (Wildman–Crippen MR) is 57.1 cm³/mol. The zero-order chi connectivity index (χ0) is 12.2. The van der Waals surface area contributed by atoms with Gasteiger partial charge in [0.15, 0.2) is 0 Å². The summed E-state index contributed by atoms with van der Waals surface area (Å²) in [6.45, 7) is 1.00. The molecule has 0 radical (unpaired) electrons. The molecule has 16 heavy (non-hydrogen) atoms. The minimum atomic E-state index is -1.32. The van der Waals surface area contributed by atoms with E-state index in [0.717, 1.165) is 6.20 Å². The number of anilines is 1. The predicted octanol–water partition coefficient (Wildman–Crippen LogP) is 0.145. The van der Waals surface area contributed by atoms with Gasteiger partial charge in [-0.3, -0.25) is 15.1 Å². The van der Waals surface area contributed by atoms with E-state index in [9.17, 15) is 15.2 Å². The van der Waals surface area contributed by atoms with E-state index in [4.69, 9.17) is 5.11 Å². The second kappa shape index (κ2) is 4.86. The molecule has 7 nitrogen and oxygen atoms in total. The lowest BCUT2D eigenvalue weighted by molar-refractivity contribution is -0.384. The van der Waals surface area contributed by atoms with Gasteiger partial charge in [-0.1, -0.05) is 0 Å². The molecule has 1 atom stereocenters. The molecule has 0 spiro atoms. The maximum Gasteiger partial charge on any atom is 0.310 e. The largest absolute Gasteiger partial charge is 0.393 e. The molecule has 0 saturated heterocycles. The smallest absolute Gasteiger partial charge is 0.310 e. The summed E-state index contributed by atoms with van der Waals surface area (Å²) in [4.78, 5) is 13.7. The molecule has 0 aliphatic carbocycles. The summed E-state index contributed by atoms with van der Waals surface area (Å²) in [6.07, 6.45) is 2.53. The average molecular weight is 227 g/mol. The number of rotatable bonds is 5. The number of hydrogen-bond donors (Lipinski definition) is 3. The van der Waals surface area contributed by atoms with Crippen molar-refractivity contribution in [3.05, 3.63) is 28.6 Å². The van der Waals surface area contributed by atoms with Gasteiger partial charge < -0.3 is 15.5 Å². The van der Waals surface area contributed by atoms with E-state index in [-0.39, 0.29) is 17.9 Å². The Morgan fingerprint density at radius 1 is 1.69 bits per heavy atom. The van der Waals surface area contributed by atoms with Crippen LogP contribution >= 0.6 is 0 Å². The standard InChI is InChI=1S/C9H13N3O4/c1-9(14,6-13)5-11-7-2-3-10-4-8(7)12(15)16/h2-4,13-14H,5-6H2,1H3,(H,10,11). The molecule has 1 rings (SSSR count). The van der Waals surface area contributed by atoms with E-state index in [1.807, 2.05) is 0 Å². The van der Waals surface area contributed by atoms with Crippen LogP contribution in [-0.4, -0.2) is 38.9 Å². The van der Waals surface area contributed by atoms with Crippen molar-refractivity contribution in [1.29, 1.82) is 0 Å². The fourth-order valence-corrected chi connectivity index (χ4v) is 1.02. The van der Waals surface area contributed by atoms with Gasteiger partial charge in [0.1, 0.15) is 17.5 Å². The van der Waals surface area contributed by atoms with Crippen molar-refractivity contribution in [2.75, 3.05) is 18.5 Å². The lowest BCUT2D eigenvalue weighted by Gasteiger charge is -2.21. The molecule has 0 bridgehead atoms. The highest BCUT2D eigenvalue weighted by Crippen LogP contribution is 2.22. The number of nitro groups is 1. The van der Waals surface area contributed by atoms with Gasteiger partial charge in [-0.25, -0.2) is 0 Å². The topological polar surface area (TPSA) is 109 Å². The Labute approximate surface area is 91.9 Å². The molecule has 0 fully saturated rings. The number of aromatic nitrogens is 1. The number of aliphatic hydroxyl groups is 2. The van der Waals surface area contributed by atoms with E-state index in [2.05, 4.69) is 10.3 Å². The van der Waals surface area contributed by atoms with Gasteiger partial charge in [0.2, 0.25) is 0 Å². The minimum Gasteiger partial charge on any atom is -0.393 e. The quantitative estimate of drug-likeness (QED) is 0.488. The number of nitrogens with one attached hydrogen (secondary N) is 1. The molecule has 0 aliphatic heterocycles. The van der Waals surface area contributed by atoms with Crippen molar-refractivity contribution < 1.29 is 15.1 Å². The van der Waals surface area contributed by atoms with E-state index < -0.39 is 17.1 Å². The second-order valence-corrected chi connectivity index (χ2v) is 3.66. The van der Waals surface area contributed by atoms with Gasteiger partial charge in [0.05, 0.1) is 11.5 Å². The fraction of sp³-hybridized carbons (Fsp3) is 0.444. The van der Waals surface area contributed by atoms with Crippen LogP contribution in [-0.2, 0) is 0 Å². The van der Waals surface area contributed by atoms with Gasteiger partial charge in [0, 0.05) is 12.7 Å². The number of pyridine rings is 1. The zero-order valence-corrected chi connectivity index (χ0v) is 8.75. The highest BCUT2D eigenvalue weighted by atomic mass is 16.6. The highest BCUT2D eigenvalue weighted by molar-refractivity contribution is 5.59. The third-order valence-electron chi connectivity index (χ3n) is 2.00. The van der Waals surface area contributed by atoms with E-state index in [1.165, 1.54) is 19.2 Å². The first-order valence-corrected chi connectivity index (χ1v) is 4.62. The molecule has 1 heterocycles. The van der Waals surface area contributed by atoms with Gasteiger partial charge in [0.25, 0.3) is 0 Å². The van der Waals surface area contributed by atoms with E-state index in [1.54, 1.807) is 0 Å². The molecule has 0 aromatic carbocycles. The first-order valence-electron chi connectivity index (χ1n) is 4.62. The zero-order valence-electron chi connectivity index (χ0n) is 8.75. The lowest BCUT2D eigenvalue weighted by Crippen LogP contribution is -2.37. The summed E-state index contributed by atoms with van der Waals surface area (Å²) in [7, 11) is 0. The van der Waals surface area contributed by atoms with Gasteiger partial charge in [-0.15, -0.1) is 0 Å². The van der Waals surface area contributed by atoms with Crippen molar-refractivity contribution in [3.63, 3.8) is 0 Å². The van der Waals surface area contributed by atoms with Crippen LogP contribution in [0.15, 0.2) is 18.5 Å². The fourth-order valence-electron chi connectivity index (χ4n) is 1.02. The summed E-state index contributed by atoms with van der Waals surface area (Å²) >= 11 is 0. The Hall–Kier alpha value is -1.73. The Kier molecular flexibility index (Phi) is 3.75. The molecule has 7 heteroatoms. The normalized spacial score (nSPS) is 14.2. The average Bonchev–Trinajstić information content (AvgIpc) is 2.27. The van der Waals surface area contributed by atoms with E-state index >= 15 is 0 Å². The van der Waals surface area contributed by atoms with Crippen LogP contribution in [0.4, 0.5) is 11.4 Å². The Morgan fingerprint density at radius 2 is 2.38 bits per heavy atom. The van der Waals surface area contributed by atoms with Gasteiger partial charge >= 0.3 is 5.69 Å². The van der Waals surface area contributed by atoms with Crippen molar-refractivity contribution in [3.8, 4) is 0 Å². The maximum atomic E-state index is 10.6. The van der Waals surface area contributed by atoms with Crippen molar-refractivity contribution >= 4 is 11.4 Å². The van der Waals surface area contributed by atoms with Gasteiger partial charge in [-0.05, 0) is 13.0 Å². The molecule has 0 aliphatic rings. The first-order chi connectivity index (χ1) is 7.46. The van der Waals surface area contributed by atoms with E-state index in [0.29, 0.717) is 0 Å². The Balaban J connectivity index is 2.78. The van der Waals surface area contributed by atoms with Crippen LogP contribution in [0.2, 0.25) is 0 Å². The third-order valence-corrected chi connectivity index (χ3v) is 2.00. The Morgan fingerprint density at radius 3 is 2.94 bits per heavy atom. The number of nitrogens with zero attached hydrogens (tertiary/aromatic N) is 2. The lowest BCUT2D eigenvalue weighted by atomic mass is 10.1. The molecule has 0 amide bonds. The maximum absolute atomic E-state index is 10.6. The molecule has 88 valence electrons. The number of aliphatic hydroxyl groups excluding tert-OH is 1. The molecule has 1 aromatic rings. The third kappa shape index (κ3) is 3.14. The van der Waals surface area contributed by atoms with Crippen LogP contribution in [0.3, 0.4) is 0 Å². The monoisotopic (exact) mass is 227 g/mol. The summed E-state index contributed by atoms with van der Waals surface area (Å²) in [5.41, 5.74) is -1.23. The van der Waals surface area contributed by atoms with Crippen molar-refractivity contribution in [2.45, 2.75) is 12.5 Å². The van der Waals surface area contributed by atoms with Crippen LogP contribution < -0.4 is 5.32 Å². The summed E-state index contributed by atoms with van der Waals surface area (Å²) < 4.78 is 0. The molecule has 3 N–H and O–H groups in total. The molecule has 1 unspecified atom stereocenters. The van der Waals surface area contributed by atoms with Crippen LogP contribution in [0.1, 0.15) is 6.92 Å².